The summed E-state index contributed by atoms with van der Waals surface area (Å²) in [5.41, 5.74) is 1.59. The summed E-state index contributed by atoms with van der Waals surface area (Å²) in [6.07, 6.45) is 11.1. The van der Waals surface area contributed by atoms with Crippen LogP contribution in [0.3, 0.4) is 0 Å². The maximum atomic E-state index is 4.62. The first-order chi connectivity index (χ1) is 6.71. The smallest absolute Gasteiger partial charge is 0.0170 e. The number of thiol groups is 1. The maximum absolute atomic E-state index is 4.62. The average molecular weight is 222 g/mol. The van der Waals surface area contributed by atoms with Gasteiger partial charge in [-0.1, -0.05) is 65.0 Å². The molecule has 0 bridgehead atoms. The van der Waals surface area contributed by atoms with Crippen LogP contribution in [0.4, 0.5) is 0 Å². The Balaban J connectivity index is 2.91. The van der Waals surface area contributed by atoms with Gasteiger partial charge in [0, 0.05) is 10.7 Å². The SMILES string of the molecule is CC(C)(C)C1=CC=CC(C(C)(C)S)C=C1. The van der Waals surface area contributed by atoms with Crippen molar-refractivity contribution in [3.63, 3.8) is 0 Å². The van der Waals surface area contributed by atoms with Gasteiger partial charge in [0.05, 0.1) is 0 Å². The van der Waals surface area contributed by atoms with Crippen LogP contribution in [0.1, 0.15) is 34.6 Å². The second-order valence-corrected chi connectivity index (χ2v) is 6.95. The standard InChI is InChI=1S/C14H22S/c1-13(2,3)11-7-6-8-12(10-9-11)14(4,5)15/h6-10,12,15H,1-5H3. The van der Waals surface area contributed by atoms with E-state index >= 15 is 0 Å². The van der Waals surface area contributed by atoms with E-state index in [4.69, 9.17) is 0 Å². The molecule has 1 atom stereocenters. The number of rotatable bonds is 1. The lowest BCUT2D eigenvalue weighted by molar-refractivity contribution is 0.516. The quantitative estimate of drug-likeness (QED) is 0.624. The molecule has 0 radical (unpaired) electrons. The summed E-state index contributed by atoms with van der Waals surface area (Å²) >= 11 is 4.62. The second kappa shape index (κ2) is 4.21. The molecule has 1 heteroatoms. The minimum atomic E-state index is 0.00811. The molecule has 0 aromatic carbocycles. The van der Waals surface area contributed by atoms with E-state index in [9.17, 15) is 0 Å². The molecule has 0 aliphatic heterocycles. The van der Waals surface area contributed by atoms with Gasteiger partial charge in [-0.15, -0.1) is 0 Å². The van der Waals surface area contributed by atoms with Crippen LogP contribution >= 0.6 is 12.6 Å². The highest BCUT2D eigenvalue weighted by Gasteiger charge is 2.22. The Labute approximate surface area is 99.6 Å². The van der Waals surface area contributed by atoms with Crippen LogP contribution in [-0.2, 0) is 0 Å². The number of hydrogen-bond acceptors (Lipinski definition) is 1. The van der Waals surface area contributed by atoms with E-state index in [1.165, 1.54) is 5.57 Å². The molecule has 0 heterocycles. The van der Waals surface area contributed by atoms with Gasteiger partial charge in [0.2, 0.25) is 0 Å². The van der Waals surface area contributed by atoms with Crippen LogP contribution in [0.5, 0.6) is 0 Å². The van der Waals surface area contributed by atoms with E-state index in [-0.39, 0.29) is 10.2 Å². The van der Waals surface area contributed by atoms with Gasteiger partial charge in [0.1, 0.15) is 0 Å². The van der Waals surface area contributed by atoms with Gasteiger partial charge in [-0.25, -0.2) is 0 Å². The fraction of sp³-hybridized carbons (Fsp3) is 0.571. The highest BCUT2D eigenvalue weighted by Crippen LogP contribution is 2.32. The average Bonchev–Trinajstić information content (AvgIpc) is 2.24. The first kappa shape index (κ1) is 12.6. The minimum Gasteiger partial charge on any atom is -0.172 e. The van der Waals surface area contributed by atoms with Crippen LogP contribution in [0.2, 0.25) is 0 Å². The molecule has 0 aromatic heterocycles. The summed E-state index contributed by atoms with van der Waals surface area (Å²) in [5, 5.41) is 0. The summed E-state index contributed by atoms with van der Waals surface area (Å²) in [6, 6.07) is 0. The summed E-state index contributed by atoms with van der Waals surface area (Å²) in [4.78, 5) is 0. The van der Waals surface area contributed by atoms with Gasteiger partial charge in [0.15, 0.2) is 0 Å². The number of allylic oxidation sites excluding steroid dienone is 6. The van der Waals surface area contributed by atoms with Crippen molar-refractivity contribution in [2.24, 2.45) is 11.3 Å². The van der Waals surface area contributed by atoms with Crippen molar-refractivity contribution >= 4 is 12.6 Å². The third-order valence-electron chi connectivity index (χ3n) is 2.76. The lowest BCUT2D eigenvalue weighted by Gasteiger charge is -2.24. The zero-order valence-electron chi connectivity index (χ0n) is 10.4. The molecule has 0 fully saturated rings. The number of hydrogen-bond donors (Lipinski definition) is 1. The van der Waals surface area contributed by atoms with Gasteiger partial charge >= 0.3 is 0 Å². The molecule has 0 spiro atoms. The van der Waals surface area contributed by atoms with Crippen molar-refractivity contribution in [1.29, 1.82) is 0 Å². The molecule has 15 heavy (non-hydrogen) atoms. The molecular formula is C14H22S. The third-order valence-corrected chi connectivity index (χ3v) is 3.06. The monoisotopic (exact) mass is 222 g/mol. The molecule has 1 rings (SSSR count). The van der Waals surface area contributed by atoms with E-state index < -0.39 is 0 Å². The molecule has 0 saturated carbocycles. The van der Waals surface area contributed by atoms with Gasteiger partial charge < -0.3 is 0 Å². The van der Waals surface area contributed by atoms with Crippen molar-refractivity contribution in [3.8, 4) is 0 Å². The molecule has 0 amide bonds. The molecule has 1 aliphatic carbocycles. The molecular weight excluding hydrogens is 200 g/mol. The van der Waals surface area contributed by atoms with Gasteiger partial charge in [0.25, 0.3) is 0 Å². The molecule has 1 unspecified atom stereocenters. The predicted octanol–water partition coefficient (Wildman–Crippen LogP) is 4.41. The van der Waals surface area contributed by atoms with Crippen molar-refractivity contribution < 1.29 is 0 Å². The molecule has 0 saturated heterocycles. The zero-order valence-corrected chi connectivity index (χ0v) is 11.3. The fourth-order valence-electron chi connectivity index (χ4n) is 1.58. The van der Waals surface area contributed by atoms with Crippen LogP contribution in [-0.4, -0.2) is 4.75 Å². The van der Waals surface area contributed by atoms with Gasteiger partial charge in [-0.05, 0) is 11.0 Å². The normalized spacial score (nSPS) is 22.5. The first-order valence-corrected chi connectivity index (χ1v) is 5.95. The molecule has 1 aliphatic rings. The van der Waals surface area contributed by atoms with E-state index in [1.54, 1.807) is 0 Å². The topological polar surface area (TPSA) is 0 Å². The minimum absolute atomic E-state index is 0.00811. The first-order valence-electron chi connectivity index (χ1n) is 5.51. The molecule has 0 aromatic rings. The van der Waals surface area contributed by atoms with E-state index in [0.29, 0.717) is 5.92 Å². The Morgan fingerprint density at radius 1 is 1.07 bits per heavy atom. The Kier molecular flexibility index (Phi) is 3.55. The second-order valence-electron chi connectivity index (χ2n) is 5.80. The highest BCUT2D eigenvalue weighted by molar-refractivity contribution is 7.81. The largest absolute Gasteiger partial charge is 0.172 e. The summed E-state index contributed by atoms with van der Waals surface area (Å²) in [7, 11) is 0. The Hall–Kier alpha value is -0.430. The van der Waals surface area contributed by atoms with E-state index in [2.05, 4.69) is 77.6 Å². The highest BCUT2D eigenvalue weighted by atomic mass is 32.1. The Morgan fingerprint density at radius 3 is 2.13 bits per heavy atom. The predicted molar refractivity (Wildman–Crippen MR) is 72.4 cm³/mol. The fourth-order valence-corrected chi connectivity index (χ4v) is 1.75. The van der Waals surface area contributed by atoms with E-state index in [0.717, 1.165) is 0 Å². The van der Waals surface area contributed by atoms with E-state index in [1.807, 2.05) is 0 Å². The lowest BCUT2D eigenvalue weighted by atomic mass is 9.85. The zero-order chi connectivity index (χ0) is 11.7. The van der Waals surface area contributed by atoms with Crippen molar-refractivity contribution in [3.05, 3.63) is 36.0 Å². The molecule has 0 nitrogen and oxygen atoms in total. The summed E-state index contributed by atoms with van der Waals surface area (Å²) in [5.74, 6) is 0.400. The van der Waals surface area contributed by atoms with Crippen LogP contribution < -0.4 is 0 Å². The Morgan fingerprint density at radius 2 is 1.67 bits per heavy atom. The van der Waals surface area contributed by atoms with Crippen LogP contribution in [0.15, 0.2) is 36.0 Å². The lowest BCUT2D eigenvalue weighted by Crippen LogP contribution is -2.20. The van der Waals surface area contributed by atoms with Crippen molar-refractivity contribution in [2.45, 2.75) is 39.4 Å². The molecule has 84 valence electrons. The summed E-state index contributed by atoms with van der Waals surface area (Å²) < 4.78 is 0.00811. The molecule has 0 N–H and O–H groups in total. The maximum Gasteiger partial charge on any atom is 0.0170 e. The van der Waals surface area contributed by atoms with Crippen molar-refractivity contribution in [1.82, 2.24) is 0 Å². The van der Waals surface area contributed by atoms with Crippen molar-refractivity contribution in [2.75, 3.05) is 0 Å². The van der Waals surface area contributed by atoms with Crippen LogP contribution in [0, 0.1) is 11.3 Å². The van der Waals surface area contributed by atoms with Gasteiger partial charge in [-0.2, -0.15) is 12.6 Å². The Bertz CT molecular complexity index is 305. The summed E-state index contributed by atoms with van der Waals surface area (Å²) in [6.45, 7) is 11.0. The van der Waals surface area contributed by atoms with Gasteiger partial charge in [-0.3, -0.25) is 0 Å². The third kappa shape index (κ3) is 3.57. The van der Waals surface area contributed by atoms with Crippen LogP contribution in [0.25, 0.3) is 0 Å².